The topological polar surface area (TPSA) is 63.6 Å². The van der Waals surface area contributed by atoms with Crippen LogP contribution in [0.3, 0.4) is 0 Å². The number of rotatable bonds is 5. The predicted octanol–water partition coefficient (Wildman–Crippen LogP) is 2.73. The third-order valence-electron chi connectivity index (χ3n) is 3.89. The summed E-state index contributed by atoms with van der Waals surface area (Å²) in [5.74, 6) is 0.306. The van der Waals surface area contributed by atoms with Crippen molar-refractivity contribution in [2.24, 2.45) is 5.10 Å². The van der Waals surface area contributed by atoms with E-state index in [4.69, 9.17) is 14.2 Å². The molecule has 1 unspecified atom stereocenters. The van der Waals surface area contributed by atoms with Crippen LogP contribution in [0.2, 0.25) is 0 Å². The highest BCUT2D eigenvalue weighted by Gasteiger charge is 2.41. The molecule has 0 N–H and O–H groups in total. The number of carbonyl (C=O) groups excluding carboxylic acids is 1. The molecule has 0 aromatic heterocycles. The summed E-state index contributed by atoms with van der Waals surface area (Å²) < 4.78 is 15.4. The highest BCUT2D eigenvalue weighted by molar-refractivity contribution is 8.04. The zero-order valence-electron chi connectivity index (χ0n) is 14.4. The van der Waals surface area contributed by atoms with Crippen LogP contribution in [0.4, 0.5) is 5.69 Å². The minimum absolute atomic E-state index is 0.142. The van der Waals surface area contributed by atoms with Crippen molar-refractivity contribution in [3.63, 3.8) is 0 Å². The number of hydrogen-bond acceptors (Lipinski definition) is 8. The van der Waals surface area contributed by atoms with Gasteiger partial charge in [0.25, 0.3) is 0 Å². The van der Waals surface area contributed by atoms with Crippen LogP contribution in [0.15, 0.2) is 51.8 Å². The van der Waals surface area contributed by atoms with E-state index in [1.807, 2.05) is 41.1 Å². The summed E-state index contributed by atoms with van der Waals surface area (Å²) in [5.41, 5.74) is 1.99. The molecule has 2 aliphatic heterocycles. The number of para-hydroxylation sites is 2. The first-order valence-electron chi connectivity index (χ1n) is 7.56. The number of hydrazone groups is 1. The van der Waals surface area contributed by atoms with Gasteiger partial charge in [0.15, 0.2) is 5.50 Å². The van der Waals surface area contributed by atoms with Gasteiger partial charge in [-0.25, -0.2) is 9.80 Å². The number of hydrogen-bond donors (Lipinski definition) is 0. The summed E-state index contributed by atoms with van der Waals surface area (Å²) in [7, 11) is 4.48. The van der Waals surface area contributed by atoms with Crippen LogP contribution in [0, 0.1) is 0 Å². The van der Waals surface area contributed by atoms with Gasteiger partial charge >= 0.3 is 5.97 Å². The molecule has 0 saturated carbocycles. The molecule has 0 radical (unpaired) electrons. The Hall–Kier alpha value is -2.61. The van der Waals surface area contributed by atoms with Crippen LogP contribution < -0.4 is 9.64 Å². The molecule has 8 heteroatoms. The number of esters is 1. The first kappa shape index (κ1) is 17.2. The van der Waals surface area contributed by atoms with Crippen molar-refractivity contribution >= 4 is 29.8 Å². The van der Waals surface area contributed by atoms with Crippen molar-refractivity contribution in [1.82, 2.24) is 5.01 Å². The number of carbonyl (C=O) groups is 1. The van der Waals surface area contributed by atoms with Crippen LogP contribution in [0.5, 0.6) is 5.75 Å². The molecule has 0 spiro atoms. The summed E-state index contributed by atoms with van der Waals surface area (Å²) in [6.45, 7) is 1.91. The number of anilines is 1. The zero-order valence-corrected chi connectivity index (χ0v) is 15.2. The van der Waals surface area contributed by atoms with Crippen molar-refractivity contribution in [3.05, 3.63) is 46.7 Å². The average Bonchev–Trinajstić information content (AvgIpc) is 3.19. The molecule has 3 rings (SSSR count). The minimum Gasteiger partial charge on any atom is -0.503 e. The molecule has 1 atom stereocenters. The van der Waals surface area contributed by atoms with Gasteiger partial charge in [0.05, 0.1) is 39.0 Å². The van der Waals surface area contributed by atoms with Crippen LogP contribution in [-0.2, 0) is 14.3 Å². The van der Waals surface area contributed by atoms with E-state index >= 15 is 0 Å². The number of ether oxygens (including phenoxy) is 3. The lowest BCUT2D eigenvalue weighted by Crippen LogP contribution is -2.33. The molecule has 0 saturated heterocycles. The van der Waals surface area contributed by atoms with Gasteiger partial charge in [-0.3, -0.25) is 4.90 Å². The third kappa shape index (κ3) is 2.93. The fraction of sp³-hybridized carbons (Fsp3) is 0.294. The summed E-state index contributed by atoms with van der Waals surface area (Å²) >= 11 is 1.51. The second-order valence-electron chi connectivity index (χ2n) is 5.27. The Morgan fingerprint density at radius 3 is 2.72 bits per heavy atom. The molecule has 132 valence electrons. The second-order valence-corrected chi connectivity index (χ2v) is 6.34. The largest absolute Gasteiger partial charge is 0.503 e. The maximum atomic E-state index is 12.1. The van der Waals surface area contributed by atoms with Crippen LogP contribution in [0.1, 0.15) is 6.92 Å². The Labute approximate surface area is 150 Å². The molecular weight excluding hydrogens is 342 g/mol. The van der Waals surface area contributed by atoms with E-state index in [0.29, 0.717) is 5.57 Å². The van der Waals surface area contributed by atoms with Crippen molar-refractivity contribution in [3.8, 4) is 5.75 Å². The molecule has 0 aliphatic carbocycles. The number of fused-ring (bicyclic) bond motifs is 1. The number of benzene rings is 1. The van der Waals surface area contributed by atoms with Crippen LogP contribution in [0.25, 0.3) is 0 Å². The number of nitrogens with zero attached hydrogens (tertiary/aromatic N) is 3. The molecule has 2 heterocycles. The van der Waals surface area contributed by atoms with E-state index in [2.05, 4.69) is 5.10 Å². The highest BCUT2D eigenvalue weighted by atomic mass is 32.2. The van der Waals surface area contributed by atoms with Crippen LogP contribution >= 0.6 is 11.8 Å². The van der Waals surface area contributed by atoms with Crippen molar-refractivity contribution in [2.45, 2.75) is 12.4 Å². The zero-order chi connectivity index (χ0) is 18.0. The van der Waals surface area contributed by atoms with Crippen LogP contribution in [-0.4, -0.2) is 44.1 Å². The molecule has 0 fully saturated rings. The van der Waals surface area contributed by atoms with Gasteiger partial charge < -0.3 is 14.2 Å². The van der Waals surface area contributed by atoms with E-state index in [1.165, 1.54) is 32.2 Å². The van der Waals surface area contributed by atoms with Gasteiger partial charge in [-0.15, -0.1) is 0 Å². The van der Waals surface area contributed by atoms with Crippen molar-refractivity contribution in [1.29, 1.82) is 0 Å². The molecule has 0 bridgehead atoms. The smallest absolute Gasteiger partial charge is 0.342 e. The lowest BCUT2D eigenvalue weighted by Gasteiger charge is -2.25. The van der Waals surface area contributed by atoms with E-state index in [0.717, 1.165) is 22.0 Å². The van der Waals surface area contributed by atoms with Gasteiger partial charge in [-0.1, -0.05) is 23.9 Å². The first-order chi connectivity index (χ1) is 12.1. The lowest BCUT2D eigenvalue weighted by atomic mass is 10.2. The monoisotopic (exact) mass is 361 g/mol. The number of allylic oxidation sites excluding steroid dienone is 1. The maximum absolute atomic E-state index is 12.1. The Morgan fingerprint density at radius 2 is 2.04 bits per heavy atom. The Balaban J connectivity index is 1.93. The summed E-state index contributed by atoms with van der Waals surface area (Å²) in [6.07, 6.45) is 3.16. The fourth-order valence-electron chi connectivity index (χ4n) is 2.70. The van der Waals surface area contributed by atoms with E-state index in [1.54, 1.807) is 13.4 Å². The second kappa shape index (κ2) is 7.10. The first-order valence-corrected chi connectivity index (χ1v) is 8.44. The van der Waals surface area contributed by atoms with Crippen molar-refractivity contribution in [2.75, 3.05) is 26.2 Å². The van der Waals surface area contributed by atoms with Gasteiger partial charge in [0.1, 0.15) is 17.7 Å². The van der Waals surface area contributed by atoms with E-state index < -0.39 is 5.97 Å². The standard InChI is InChI=1S/C17H19N3O4S/c1-11-15(12(9-22-2)16(21)24-4)25-17-19(10-18-20(11)17)13-7-5-6-8-14(13)23-3/h5-10,17H,1-4H3. The molecule has 7 nitrogen and oxygen atoms in total. The van der Waals surface area contributed by atoms with Crippen molar-refractivity contribution < 1.29 is 19.0 Å². The Kier molecular flexibility index (Phi) is 4.89. The molecule has 0 amide bonds. The van der Waals surface area contributed by atoms with Gasteiger partial charge in [-0.05, 0) is 19.1 Å². The Morgan fingerprint density at radius 1 is 1.28 bits per heavy atom. The van der Waals surface area contributed by atoms with E-state index in [-0.39, 0.29) is 5.50 Å². The Bertz CT molecular complexity index is 775. The van der Waals surface area contributed by atoms with Gasteiger partial charge in [0, 0.05) is 4.91 Å². The molecular formula is C17H19N3O4S. The third-order valence-corrected chi connectivity index (χ3v) is 5.28. The normalized spacial score (nSPS) is 19.4. The van der Waals surface area contributed by atoms with E-state index in [9.17, 15) is 4.79 Å². The summed E-state index contributed by atoms with van der Waals surface area (Å²) in [5, 5.41) is 6.33. The quantitative estimate of drug-likeness (QED) is 0.454. The average molecular weight is 361 g/mol. The minimum atomic E-state index is -0.447. The maximum Gasteiger partial charge on any atom is 0.342 e. The molecule has 25 heavy (non-hydrogen) atoms. The number of thioether (sulfide) groups is 1. The SMILES string of the molecule is COC=C(C(=O)OC)C1=C(C)N2N=CN(c3ccccc3OC)C2S1. The molecule has 2 aliphatic rings. The molecule has 1 aromatic carbocycles. The molecule has 1 aromatic rings. The lowest BCUT2D eigenvalue weighted by molar-refractivity contribution is -0.135. The van der Waals surface area contributed by atoms with Gasteiger partial charge in [-0.2, -0.15) is 5.10 Å². The number of methoxy groups -OCH3 is 3. The van der Waals surface area contributed by atoms with Gasteiger partial charge in [0.2, 0.25) is 0 Å². The summed E-state index contributed by atoms with van der Waals surface area (Å²) in [4.78, 5) is 14.9. The fourth-order valence-corrected chi connectivity index (χ4v) is 4.03. The predicted molar refractivity (Wildman–Crippen MR) is 97.0 cm³/mol. The highest BCUT2D eigenvalue weighted by Crippen LogP contribution is 2.47. The summed E-state index contributed by atoms with van der Waals surface area (Å²) in [6, 6.07) is 7.73.